The van der Waals surface area contributed by atoms with E-state index in [0.29, 0.717) is 26.2 Å². The maximum absolute atomic E-state index is 13.0. The van der Waals surface area contributed by atoms with Gasteiger partial charge in [0.1, 0.15) is 5.75 Å². The lowest BCUT2D eigenvalue weighted by molar-refractivity contribution is -0.149. The molecule has 24 heavy (non-hydrogen) atoms. The number of aryl methyl sites for hydroxylation is 1. The van der Waals surface area contributed by atoms with Crippen LogP contribution in [0.25, 0.3) is 0 Å². The molecule has 0 amide bonds. The van der Waals surface area contributed by atoms with Crippen molar-refractivity contribution in [3.05, 3.63) is 23.0 Å². The van der Waals surface area contributed by atoms with E-state index >= 15 is 0 Å². The highest BCUT2D eigenvalue weighted by atomic mass is 35.5. The Morgan fingerprint density at radius 2 is 1.88 bits per heavy atom. The summed E-state index contributed by atoms with van der Waals surface area (Å²) in [5.74, 6) is -0.265. The molecule has 1 aromatic heterocycles. The number of rotatable bonds is 4. The number of aliphatic hydroxyl groups excluding tert-OH is 1. The van der Waals surface area contributed by atoms with Gasteiger partial charge < -0.3 is 15.5 Å². The number of aliphatic hydroxyl groups is 1. The number of piperazine rings is 1. The molecule has 0 unspecified atom stereocenters. The van der Waals surface area contributed by atoms with Crippen LogP contribution >= 0.6 is 24.8 Å². The molecule has 0 saturated carbocycles. The van der Waals surface area contributed by atoms with Crippen molar-refractivity contribution in [1.29, 1.82) is 0 Å². The number of aromatic hydroxyl groups is 1. The van der Waals surface area contributed by atoms with Gasteiger partial charge in [-0.15, -0.1) is 24.8 Å². The Bertz CT molecular complexity index is 527. The Kier molecular flexibility index (Phi) is 9.30. The van der Waals surface area contributed by atoms with Crippen LogP contribution in [0.3, 0.4) is 0 Å². The molecular formula is C14H22Cl2F3N3O2. The molecule has 0 aliphatic carbocycles. The first kappa shape index (κ1) is 23.2. The van der Waals surface area contributed by atoms with Crippen LogP contribution in [-0.4, -0.2) is 52.5 Å². The van der Waals surface area contributed by atoms with Gasteiger partial charge in [-0.1, -0.05) is 0 Å². The number of nitrogens with one attached hydrogen (secondary N) is 1. The van der Waals surface area contributed by atoms with Crippen LogP contribution in [-0.2, 0) is 6.61 Å². The third-order valence-electron chi connectivity index (χ3n) is 3.88. The molecule has 140 valence electrons. The van der Waals surface area contributed by atoms with Gasteiger partial charge in [0, 0.05) is 49.5 Å². The summed E-state index contributed by atoms with van der Waals surface area (Å²) in [6.45, 7) is 3.15. The summed E-state index contributed by atoms with van der Waals surface area (Å²) >= 11 is 0. The predicted octanol–water partition coefficient (Wildman–Crippen LogP) is 2.33. The van der Waals surface area contributed by atoms with Crippen molar-refractivity contribution in [2.24, 2.45) is 0 Å². The molecule has 0 radical (unpaired) electrons. The van der Waals surface area contributed by atoms with Crippen molar-refractivity contribution in [1.82, 2.24) is 15.2 Å². The maximum atomic E-state index is 13.0. The minimum Gasteiger partial charge on any atom is -0.506 e. The van der Waals surface area contributed by atoms with Gasteiger partial charge in [0.25, 0.3) is 0 Å². The molecule has 10 heteroatoms. The molecule has 2 heterocycles. The summed E-state index contributed by atoms with van der Waals surface area (Å²) in [4.78, 5) is 5.60. The lowest BCUT2D eigenvalue weighted by Gasteiger charge is -2.36. The molecule has 1 aliphatic heterocycles. The highest BCUT2D eigenvalue weighted by Gasteiger charge is 2.38. The third-order valence-corrected chi connectivity index (χ3v) is 3.88. The molecular weight excluding hydrogens is 370 g/mol. The van der Waals surface area contributed by atoms with E-state index in [1.54, 1.807) is 4.90 Å². The van der Waals surface area contributed by atoms with Gasteiger partial charge in [0.05, 0.1) is 18.7 Å². The molecule has 0 spiro atoms. The van der Waals surface area contributed by atoms with Crippen LogP contribution in [0.4, 0.5) is 13.2 Å². The summed E-state index contributed by atoms with van der Waals surface area (Å²) in [6.07, 6.45) is -4.11. The van der Waals surface area contributed by atoms with Crippen molar-refractivity contribution in [2.75, 3.05) is 26.2 Å². The van der Waals surface area contributed by atoms with E-state index in [-0.39, 0.29) is 47.4 Å². The SMILES string of the molecule is Cc1ncc(CO)c([C@H](CC(F)(F)F)N2CCNCC2)c1O.Cl.Cl. The second-order valence-corrected chi connectivity index (χ2v) is 5.41. The Morgan fingerprint density at radius 3 is 2.38 bits per heavy atom. The molecule has 1 aromatic rings. The van der Waals surface area contributed by atoms with Gasteiger partial charge in [0.2, 0.25) is 0 Å². The van der Waals surface area contributed by atoms with E-state index in [9.17, 15) is 23.4 Å². The Balaban J connectivity index is 0.00000264. The number of aromatic nitrogens is 1. The number of hydrogen-bond donors (Lipinski definition) is 3. The zero-order valence-corrected chi connectivity index (χ0v) is 14.8. The fourth-order valence-corrected chi connectivity index (χ4v) is 2.78. The van der Waals surface area contributed by atoms with Crippen molar-refractivity contribution < 1.29 is 23.4 Å². The highest BCUT2D eigenvalue weighted by Crippen LogP contribution is 2.40. The molecule has 1 fully saturated rings. The smallest absolute Gasteiger partial charge is 0.390 e. The third kappa shape index (κ3) is 5.63. The maximum Gasteiger partial charge on any atom is 0.390 e. The first-order valence-electron chi connectivity index (χ1n) is 7.13. The fourth-order valence-electron chi connectivity index (χ4n) is 2.78. The number of halogens is 5. The van der Waals surface area contributed by atoms with Gasteiger partial charge in [0.15, 0.2) is 0 Å². The fraction of sp³-hybridized carbons (Fsp3) is 0.643. The first-order valence-corrected chi connectivity index (χ1v) is 7.13. The van der Waals surface area contributed by atoms with Crippen molar-refractivity contribution in [3.8, 4) is 5.75 Å². The predicted molar refractivity (Wildman–Crippen MR) is 88.9 cm³/mol. The number of alkyl halides is 3. The summed E-state index contributed by atoms with van der Waals surface area (Å²) < 4.78 is 39.0. The van der Waals surface area contributed by atoms with E-state index in [2.05, 4.69) is 10.3 Å². The average Bonchev–Trinajstić information content (AvgIpc) is 2.48. The van der Waals surface area contributed by atoms with Crippen LogP contribution in [0.15, 0.2) is 6.20 Å². The van der Waals surface area contributed by atoms with Gasteiger partial charge in [-0.3, -0.25) is 9.88 Å². The molecule has 2 rings (SSSR count). The van der Waals surface area contributed by atoms with E-state index in [0.717, 1.165) is 0 Å². The van der Waals surface area contributed by atoms with Crippen LogP contribution < -0.4 is 5.32 Å². The van der Waals surface area contributed by atoms with E-state index in [1.165, 1.54) is 13.1 Å². The van der Waals surface area contributed by atoms with Gasteiger partial charge >= 0.3 is 6.18 Å². The largest absolute Gasteiger partial charge is 0.506 e. The summed E-state index contributed by atoms with van der Waals surface area (Å²) in [6, 6.07) is -1.02. The van der Waals surface area contributed by atoms with Crippen molar-refractivity contribution >= 4 is 24.8 Å². The van der Waals surface area contributed by atoms with Crippen LogP contribution in [0.1, 0.15) is 29.3 Å². The Labute approximate surface area is 151 Å². The van der Waals surface area contributed by atoms with Crippen LogP contribution in [0.2, 0.25) is 0 Å². The second kappa shape index (κ2) is 9.62. The lowest BCUT2D eigenvalue weighted by Crippen LogP contribution is -2.46. The Morgan fingerprint density at radius 1 is 1.29 bits per heavy atom. The van der Waals surface area contributed by atoms with E-state index < -0.39 is 25.2 Å². The number of nitrogens with zero attached hydrogens (tertiary/aromatic N) is 2. The van der Waals surface area contributed by atoms with Crippen molar-refractivity contribution in [3.63, 3.8) is 0 Å². The minimum absolute atomic E-state index is 0. The zero-order chi connectivity index (χ0) is 16.3. The van der Waals surface area contributed by atoms with Gasteiger partial charge in [-0.2, -0.15) is 13.2 Å². The monoisotopic (exact) mass is 391 g/mol. The first-order chi connectivity index (χ1) is 10.3. The summed E-state index contributed by atoms with van der Waals surface area (Å²) in [5.41, 5.74) is 0.625. The van der Waals surface area contributed by atoms with Crippen LogP contribution in [0.5, 0.6) is 5.75 Å². The minimum atomic E-state index is -4.37. The molecule has 0 aromatic carbocycles. The Hall–Kier alpha value is -0.800. The quantitative estimate of drug-likeness (QED) is 0.734. The number of hydrogen-bond acceptors (Lipinski definition) is 5. The van der Waals surface area contributed by atoms with Crippen molar-refractivity contribution in [2.45, 2.75) is 32.2 Å². The molecule has 3 N–H and O–H groups in total. The molecule has 1 saturated heterocycles. The average molecular weight is 392 g/mol. The topological polar surface area (TPSA) is 68.6 Å². The summed E-state index contributed by atoms with van der Waals surface area (Å²) in [7, 11) is 0. The molecule has 1 aliphatic rings. The van der Waals surface area contributed by atoms with Gasteiger partial charge in [-0.05, 0) is 6.92 Å². The summed E-state index contributed by atoms with van der Waals surface area (Å²) in [5, 5.41) is 22.7. The standard InChI is InChI=1S/C14H20F3N3O2.2ClH/c1-9-13(22)12(10(8-21)7-19-9)11(6-14(15,16)17)20-4-2-18-3-5-20;;/h7,11,18,21-22H,2-6,8H2,1H3;2*1H/t11-;;/m0../s1. The molecule has 1 atom stereocenters. The highest BCUT2D eigenvalue weighted by molar-refractivity contribution is 5.85. The normalized spacial score (nSPS) is 16.9. The van der Waals surface area contributed by atoms with E-state index in [1.807, 2.05) is 0 Å². The number of pyridine rings is 1. The van der Waals surface area contributed by atoms with Crippen LogP contribution in [0, 0.1) is 6.92 Å². The second-order valence-electron chi connectivity index (χ2n) is 5.41. The van der Waals surface area contributed by atoms with E-state index in [4.69, 9.17) is 0 Å². The molecule has 5 nitrogen and oxygen atoms in total. The molecule has 0 bridgehead atoms. The van der Waals surface area contributed by atoms with Gasteiger partial charge in [-0.25, -0.2) is 0 Å². The lowest BCUT2D eigenvalue weighted by atomic mass is 9.95. The zero-order valence-electron chi connectivity index (χ0n) is 13.1.